The van der Waals surface area contributed by atoms with Crippen LogP contribution in [0.2, 0.25) is 0 Å². The predicted octanol–water partition coefficient (Wildman–Crippen LogP) is 7.50. The lowest BCUT2D eigenvalue weighted by molar-refractivity contribution is 0.369. The average Bonchev–Trinajstić information content (AvgIpc) is 3.14. The number of allylic oxidation sites excluding steroid dienone is 1. The SMILES string of the molecule is CC1(C)CC=c2ccc3c(c2C1)C(c1ccccc1C1=CC=Nc2ccccc2S1)C=c1ccccc1=3. The van der Waals surface area contributed by atoms with Crippen LogP contribution in [0, 0.1) is 15.9 Å². The van der Waals surface area contributed by atoms with E-state index in [1.807, 2.05) is 18.0 Å². The van der Waals surface area contributed by atoms with E-state index < -0.39 is 0 Å². The molecule has 0 bridgehead atoms. The summed E-state index contributed by atoms with van der Waals surface area (Å²) in [7, 11) is 0. The number of benzene rings is 4. The van der Waals surface area contributed by atoms with Gasteiger partial charge in [0.1, 0.15) is 0 Å². The van der Waals surface area contributed by atoms with Crippen LogP contribution >= 0.6 is 11.8 Å². The van der Waals surface area contributed by atoms with Crippen molar-refractivity contribution in [1.29, 1.82) is 0 Å². The van der Waals surface area contributed by atoms with Crippen LogP contribution in [0.25, 0.3) is 17.1 Å². The summed E-state index contributed by atoms with van der Waals surface area (Å²) < 4.78 is 0. The molecule has 4 aromatic rings. The second kappa shape index (κ2) is 8.75. The van der Waals surface area contributed by atoms with E-state index in [4.69, 9.17) is 4.99 Å². The fraction of sp³-hybridized carbons (Fsp3) is 0.171. The molecule has 0 aromatic heterocycles. The second-order valence-corrected chi connectivity index (χ2v) is 12.1. The van der Waals surface area contributed by atoms with E-state index in [1.165, 1.54) is 52.9 Å². The zero-order valence-corrected chi connectivity index (χ0v) is 22.1. The van der Waals surface area contributed by atoms with Gasteiger partial charge in [-0.3, -0.25) is 4.99 Å². The van der Waals surface area contributed by atoms with Crippen LogP contribution in [-0.4, -0.2) is 6.21 Å². The molecule has 1 atom stereocenters. The molecule has 0 spiro atoms. The summed E-state index contributed by atoms with van der Waals surface area (Å²) in [5.41, 5.74) is 6.96. The fourth-order valence-electron chi connectivity index (χ4n) is 6.12. The Morgan fingerprint density at radius 3 is 2.57 bits per heavy atom. The van der Waals surface area contributed by atoms with Gasteiger partial charge < -0.3 is 0 Å². The Balaban J connectivity index is 1.48. The molecular weight excluding hydrogens is 466 g/mol. The van der Waals surface area contributed by atoms with Gasteiger partial charge >= 0.3 is 0 Å². The largest absolute Gasteiger partial charge is 0.256 e. The van der Waals surface area contributed by atoms with Crippen molar-refractivity contribution >= 4 is 40.7 Å². The monoisotopic (exact) mass is 495 g/mol. The van der Waals surface area contributed by atoms with E-state index in [1.54, 1.807) is 0 Å². The van der Waals surface area contributed by atoms with E-state index in [9.17, 15) is 0 Å². The van der Waals surface area contributed by atoms with Gasteiger partial charge in [0.25, 0.3) is 0 Å². The lowest BCUT2D eigenvalue weighted by Crippen LogP contribution is -2.29. The van der Waals surface area contributed by atoms with E-state index in [0.717, 1.165) is 18.5 Å². The Hall–Kier alpha value is -3.62. The second-order valence-electron chi connectivity index (χ2n) is 11.0. The smallest absolute Gasteiger partial charge is 0.0768 e. The maximum Gasteiger partial charge on any atom is 0.0768 e. The normalized spacial score (nSPS) is 18.6. The maximum absolute atomic E-state index is 4.71. The zero-order chi connectivity index (χ0) is 25.0. The van der Waals surface area contributed by atoms with Gasteiger partial charge in [-0.25, -0.2) is 0 Å². The van der Waals surface area contributed by atoms with Crippen molar-refractivity contribution in [2.45, 2.75) is 37.5 Å². The zero-order valence-electron chi connectivity index (χ0n) is 21.2. The quantitative estimate of drug-likeness (QED) is 0.280. The van der Waals surface area contributed by atoms with Gasteiger partial charge in [0, 0.05) is 21.9 Å². The van der Waals surface area contributed by atoms with Gasteiger partial charge in [0.15, 0.2) is 0 Å². The highest BCUT2D eigenvalue weighted by Gasteiger charge is 2.29. The number of aliphatic imine (C=N–C) groups is 1. The van der Waals surface area contributed by atoms with Gasteiger partial charge in [-0.15, -0.1) is 0 Å². The van der Waals surface area contributed by atoms with Gasteiger partial charge in [-0.05, 0) is 79.6 Å². The summed E-state index contributed by atoms with van der Waals surface area (Å²) in [5.74, 6) is 0.190. The predicted molar refractivity (Wildman–Crippen MR) is 158 cm³/mol. The Kier molecular flexibility index (Phi) is 5.33. The summed E-state index contributed by atoms with van der Waals surface area (Å²) in [6, 6.07) is 31.0. The van der Waals surface area contributed by atoms with Crippen LogP contribution in [-0.2, 0) is 6.42 Å². The molecule has 1 heterocycles. The van der Waals surface area contributed by atoms with E-state index >= 15 is 0 Å². The van der Waals surface area contributed by atoms with Crippen molar-refractivity contribution in [2.24, 2.45) is 10.4 Å². The molecule has 2 aliphatic carbocycles. The summed E-state index contributed by atoms with van der Waals surface area (Å²) in [4.78, 5) is 7.15. The van der Waals surface area contributed by atoms with Gasteiger partial charge in [0.05, 0.1) is 5.69 Å². The van der Waals surface area contributed by atoms with Crippen molar-refractivity contribution in [3.8, 4) is 0 Å². The first kappa shape index (κ1) is 22.6. The molecule has 2 heteroatoms. The minimum absolute atomic E-state index is 0.190. The molecule has 0 amide bonds. The van der Waals surface area contributed by atoms with Gasteiger partial charge in [-0.2, -0.15) is 0 Å². The third kappa shape index (κ3) is 3.91. The van der Waals surface area contributed by atoms with Crippen LogP contribution < -0.4 is 10.4 Å². The highest BCUT2D eigenvalue weighted by atomic mass is 32.2. The molecule has 4 aromatic carbocycles. The number of hydrogen-bond acceptors (Lipinski definition) is 2. The van der Waals surface area contributed by atoms with Gasteiger partial charge in [0.2, 0.25) is 0 Å². The van der Waals surface area contributed by atoms with Crippen LogP contribution in [0.3, 0.4) is 0 Å². The van der Waals surface area contributed by atoms with Crippen LogP contribution in [0.15, 0.2) is 101 Å². The molecule has 37 heavy (non-hydrogen) atoms. The summed E-state index contributed by atoms with van der Waals surface area (Å²) in [6.45, 7) is 4.80. The highest BCUT2D eigenvalue weighted by Crippen LogP contribution is 2.45. The van der Waals surface area contributed by atoms with Crippen LogP contribution in [0.5, 0.6) is 0 Å². The van der Waals surface area contributed by atoms with Crippen molar-refractivity contribution in [1.82, 2.24) is 0 Å². The third-order valence-electron chi connectivity index (χ3n) is 7.92. The minimum atomic E-state index is 0.190. The molecular formula is C35H29NS. The first-order chi connectivity index (χ1) is 18.1. The third-order valence-corrected chi connectivity index (χ3v) is 9.06. The molecule has 3 aliphatic rings. The van der Waals surface area contributed by atoms with E-state index in [0.29, 0.717) is 0 Å². The number of thioether (sulfide) groups is 1. The molecule has 1 aliphatic heterocycles. The molecule has 1 nitrogen and oxygen atoms in total. The first-order valence-corrected chi connectivity index (χ1v) is 13.9. The molecule has 0 saturated carbocycles. The fourth-order valence-corrected chi connectivity index (χ4v) is 7.15. The Labute approximate surface area is 222 Å². The first-order valence-electron chi connectivity index (χ1n) is 13.1. The Morgan fingerprint density at radius 1 is 0.811 bits per heavy atom. The molecule has 7 rings (SSSR count). The number of hydrogen-bond donors (Lipinski definition) is 0. The Bertz CT molecular complexity index is 1840. The van der Waals surface area contributed by atoms with Crippen LogP contribution in [0.1, 0.15) is 48.4 Å². The van der Waals surface area contributed by atoms with Gasteiger partial charge in [-0.1, -0.05) is 111 Å². The summed E-state index contributed by atoms with van der Waals surface area (Å²) in [5, 5.41) is 5.47. The number of nitrogens with zero attached hydrogens (tertiary/aromatic N) is 1. The standard InChI is InChI=1S/C35H29NS/c1-35(2)19-17-23-15-16-28-25-10-4-3-9-24(25)21-29(34(28)30(23)22-35)26-11-5-6-12-27(26)32-18-20-36-31-13-7-8-14-33(31)37-32/h3-18,20-21,29H,19,22H2,1-2H3. The molecule has 1 unspecified atom stereocenters. The minimum Gasteiger partial charge on any atom is -0.256 e. The number of fused-ring (bicyclic) bond motifs is 5. The molecule has 0 N–H and O–H groups in total. The Morgan fingerprint density at radius 2 is 1.62 bits per heavy atom. The van der Waals surface area contributed by atoms with Crippen molar-refractivity contribution in [3.63, 3.8) is 0 Å². The summed E-state index contributed by atoms with van der Waals surface area (Å²) >= 11 is 1.82. The van der Waals surface area contributed by atoms with Crippen molar-refractivity contribution in [2.75, 3.05) is 0 Å². The number of rotatable bonds is 2. The lowest BCUT2D eigenvalue weighted by Gasteiger charge is -2.32. The molecule has 0 saturated heterocycles. The van der Waals surface area contributed by atoms with Crippen molar-refractivity contribution in [3.05, 3.63) is 134 Å². The van der Waals surface area contributed by atoms with Crippen molar-refractivity contribution < 1.29 is 0 Å². The molecule has 0 fully saturated rings. The number of para-hydroxylation sites is 1. The molecule has 180 valence electrons. The molecule has 0 radical (unpaired) electrons. The van der Waals surface area contributed by atoms with Crippen LogP contribution in [0.4, 0.5) is 5.69 Å². The average molecular weight is 496 g/mol. The topological polar surface area (TPSA) is 12.4 Å². The highest BCUT2D eigenvalue weighted by molar-refractivity contribution is 8.08. The summed E-state index contributed by atoms with van der Waals surface area (Å²) in [6.07, 6.45) is 11.3. The maximum atomic E-state index is 4.71. The lowest BCUT2D eigenvalue weighted by atomic mass is 9.72. The van der Waals surface area contributed by atoms with E-state index in [-0.39, 0.29) is 11.3 Å². The van der Waals surface area contributed by atoms with E-state index in [2.05, 4.69) is 117 Å².